The van der Waals surface area contributed by atoms with Crippen molar-refractivity contribution >= 4 is 10.8 Å². The Bertz CT molecular complexity index is 445. The Hall–Kier alpha value is -1.52. The van der Waals surface area contributed by atoms with Gasteiger partial charge in [-0.3, -0.25) is 4.84 Å². The van der Waals surface area contributed by atoms with Gasteiger partial charge in [0.2, 0.25) is 0 Å². The van der Waals surface area contributed by atoms with Crippen LogP contribution >= 0.6 is 0 Å². The second kappa shape index (κ2) is 4.82. The number of hydroxylamine groups is 1. The summed E-state index contributed by atoms with van der Waals surface area (Å²) in [6.45, 7) is 3.36. The zero-order valence-corrected chi connectivity index (χ0v) is 8.60. The highest BCUT2D eigenvalue weighted by Gasteiger charge is 1.96. The Kier molecular flexibility index (Phi) is 3.22. The van der Waals surface area contributed by atoms with Crippen molar-refractivity contribution in [1.82, 2.24) is 15.7 Å². The first kappa shape index (κ1) is 10.0. The van der Waals surface area contributed by atoms with Gasteiger partial charge in [-0.1, -0.05) is 19.1 Å². The molecule has 0 saturated heterocycles. The summed E-state index contributed by atoms with van der Waals surface area (Å²) in [5, 5.41) is 9.85. The predicted octanol–water partition coefficient (Wildman–Crippen LogP) is 1.67. The lowest BCUT2D eigenvalue weighted by Crippen LogP contribution is -2.12. The molecule has 0 amide bonds. The van der Waals surface area contributed by atoms with Gasteiger partial charge in [0.25, 0.3) is 0 Å². The van der Waals surface area contributed by atoms with Crippen LogP contribution in [0.5, 0.6) is 0 Å². The van der Waals surface area contributed by atoms with Gasteiger partial charge in [-0.15, -0.1) is 0 Å². The van der Waals surface area contributed by atoms with Gasteiger partial charge in [0, 0.05) is 17.3 Å². The molecular weight excluding hydrogens is 190 g/mol. The summed E-state index contributed by atoms with van der Waals surface area (Å²) in [5.74, 6) is 0. The molecule has 4 nitrogen and oxygen atoms in total. The molecule has 0 aliphatic carbocycles. The van der Waals surface area contributed by atoms with Gasteiger partial charge in [-0.05, 0) is 11.6 Å². The zero-order valence-electron chi connectivity index (χ0n) is 8.60. The fourth-order valence-corrected chi connectivity index (χ4v) is 1.37. The first-order valence-electron chi connectivity index (χ1n) is 4.94. The molecule has 1 aromatic heterocycles. The van der Waals surface area contributed by atoms with E-state index in [0.717, 1.165) is 22.9 Å². The molecular formula is C11H13N3O. The van der Waals surface area contributed by atoms with E-state index in [2.05, 4.69) is 21.7 Å². The first-order chi connectivity index (χ1) is 7.40. The molecule has 4 heteroatoms. The van der Waals surface area contributed by atoms with Crippen LogP contribution in [-0.4, -0.2) is 16.7 Å². The van der Waals surface area contributed by atoms with Gasteiger partial charge in [0.1, 0.15) is 0 Å². The summed E-state index contributed by atoms with van der Waals surface area (Å²) in [7, 11) is 0. The fraction of sp³-hybridized carbons (Fsp3) is 0.273. The summed E-state index contributed by atoms with van der Waals surface area (Å²) in [5.41, 5.74) is 3.94. The Morgan fingerprint density at radius 2 is 2.00 bits per heavy atom. The topological polar surface area (TPSA) is 47.0 Å². The molecule has 1 N–H and O–H groups in total. The largest absolute Gasteiger partial charge is 0.297 e. The Morgan fingerprint density at radius 3 is 2.80 bits per heavy atom. The minimum absolute atomic E-state index is 0.562. The molecule has 1 heterocycles. The second-order valence-electron chi connectivity index (χ2n) is 3.24. The SMILES string of the molecule is CCNOCc1ccc2cnncc2c1. The van der Waals surface area contributed by atoms with Crippen molar-refractivity contribution < 1.29 is 4.84 Å². The van der Waals surface area contributed by atoms with Crippen LogP contribution in [0.2, 0.25) is 0 Å². The Morgan fingerprint density at radius 1 is 1.20 bits per heavy atom. The maximum Gasteiger partial charge on any atom is 0.0933 e. The average Bonchev–Trinajstić information content (AvgIpc) is 2.29. The molecule has 78 valence electrons. The second-order valence-corrected chi connectivity index (χ2v) is 3.24. The van der Waals surface area contributed by atoms with E-state index in [0.29, 0.717) is 6.61 Å². The lowest BCUT2D eigenvalue weighted by atomic mass is 10.1. The zero-order chi connectivity index (χ0) is 10.5. The van der Waals surface area contributed by atoms with Crippen molar-refractivity contribution in [3.63, 3.8) is 0 Å². The number of aromatic nitrogens is 2. The number of rotatable bonds is 4. The third-order valence-electron chi connectivity index (χ3n) is 2.10. The molecule has 15 heavy (non-hydrogen) atoms. The number of nitrogens with one attached hydrogen (secondary N) is 1. The standard InChI is InChI=1S/C11H13N3O/c1-2-14-15-8-9-3-4-10-6-12-13-7-11(10)5-9/h3-7,14H,2,8H2,1H3. The number of hydrogen-bond acceptors (Lipinski definition) is 4. The molecule has 2 rings (SSSR count). The van der Waals surface area contributed by atoms with Crippen LogP contribution in [0, 0.1) is 0 Å². The van der Waals surface area contributed by atoms with Gasteiger partial charge in [0.05, 0.1) is 19.0 Å². The van der Waals surface area contributed by atoms with E-state index in [1.54, 1.807) is 12.4 Å². The highest BCUT2D eigenvalue weighted by Crippen LogP contribution is 2.13. The molecule has 0 radical (unpaired) electrons. The lowest BCUT2D eigenvalue weighted by molar-refractivity contribution is 0.0314. The van der Waals surface area contributed by atoms with Gasteiger partial charge >= 0.3 is 0 Å². The van der Waals surface area contributed by atoms with E-state index < -0.39 is 0 Å². The quantitative estimate of drug-likeness (QED) is 0.606. The van der Waals surface area contributed by atoms with Crippen LogP contribution < -0.4 is 5.48 Å². The molecule has 0 bridgehead atoms. The van der Waals surface area contributed by atoms with Crippen molar-refractivity contribution in [2.45, 2.75) is 13.5 Å². The molecule has 0 saturated carbocycles. The van der Waals surface area contributed by atoms with Gasteiger partial charge in [0.15, 0.2) is 0 Å². The molecule has 2 aromatic rings. The van der Waals surface area contributed by atoms with Gasteiger partial charge in [-0.25, -0.2) is 5.48 Å². The van der Waals surface area contributed by atoms with E-state index in [1.807, 2.05) is 19.1 Å². The third-order valence-corrected chi connectivity index (χ3v) is 2.10. The molecule has 0 unspecified atom stereocenters. The summed E-state index contributed by atoms with van der Waals surface area (Å²) < 4.78 is 0. The van der Waals surface area contributed by atoms with Crippen molar-refractivity contribution in [3.05, 3.63) is 36.2 Å². The average molecular weight is 203 g/mol. The van der Waals surface area contributed by atoms with Crippen LogP contribution in [-0.2, 0) is 11.4 Å². The third kappa shape index (κ3) is 2.49. The van der Waals surface area contributed by atoms with E-state index >= 15 is 0 Å². The Labute approximate surface area is 88.2 Å². The minimum Gasteiger partial charge on any atom is -0.297 e. The maximum absolute atomic E-state index is 5.23. The molecule has 1 aromatic carbocycles. The van der Waals surface area contributed by atoms with Gasteiger partial charge < -0.3 is 0 Å². The van der Waals surface area contributed by atoms with Crippen LogP contribution in [0.1, 0.15) is 12.5 Å². The number of fused-ring (bicyclic) bond motifs is 1. The highest BCUT2D eigenvalue weighted by atomic mass is 16.6. The highest BCUT2D eigenvalue weighted by molar-refractivity contribution is 5.81. The van der Waals surface area contributed by atoms with Gasteiger partial charge in [-0.2, -0.15) is 10.2 Å². The Balaban J connectivity index is 2.16. The number of benzene rings is 1. The summed E-state index contributed by atoms with van der Waals surface area (Å²) >= 11 is 0. The first-order valence-corrected chi connectivity index (χ1v) is 4.94. The van der Waals surface area contributed by atoms with E-state index in [9.17, 15) is 0 Å². The molecule has 0 atom stereocenters. The van der Waals surface area contributed by atoms with Crippen molar-refractivity contribution in [3.8, 4) is 0 Å². The van der Waals surface area contributed by atoms with E-state index in [1.165, 1.54) is 0 Å². The predicted molar refractivity (Wildman–Crippen MR) is 58.0 cm³/mol. The van der Waals surface area contributed by atoms with Crippen LogP contribution in [0.25, 0.3) is 10.8 Å². The number of nitrogens with zero attached hydrogens (tertiary/aromatic N) is 2. The van der Waals surface area contributed by atoms with Crippen LogP contribution in [0.3, 0.4) is 0 Å². The molecule has 0 spiro atoms. The normalized spacial score (nSPS) is 10.7. The van der Waals surface area contributed by atoms with Crippen molar-refractivity contribution in [1.29, 1.82) is 0 Å². The van der Waals surface area contributed by atoms with Crippen molar-refractivity contribution in [2.75, 3.05) is 6.54 Å². The molecule has 0 fully saturated rings. The van der Waals surface area contributed by atoms with E-state index in [4.69, 9.17) is 4.84 Å². The summed E-state index contributed by atoms with van der Waals surface area (Å²) in [4.78, 5) is 5.23. The van der Waals surface area contributed by atoms with Crippen LogP contribution in [0.15, 0.2) is 30.6 Å². The van der Waals surface area contributed by atoms with E-state index in [-0.39, 0.29) is 0 Å². The smallest absolute Gasteiger partial charge is 0.0933 e. The summed E-state index contributed by atoms with van der Waals surface area (Å²) in [6, 6.07) is 6.11. The van der Waals surface area contributed by atoms with Crippen LogP contribution in [0.4, 0.5) is 0 Å². The molecule has 0 aliphatic heterocycles. The minimum atomic E-state index is 0.562. The lowest BCUT2D eigenvalue weighted by Gasteiger charge is -2.04. The fourth-order valence-electron chi connectivity index (χ4n) is 1.37. The summed E-state index contributed by atoms with van der Waals surface area (Å²) in [6.07, 6.45) is 3.51. The maximum atomic E-state index is 5.23. The van der Waals surface area contributed by atoms with Crippen molar-refractivity contribution in [2.24, 2.45) is 0 Å². The number of hydrogen-bond donors (Lipinski definition) is 1. The monoisotopic (exact) mass is 203 g/mol. The molecule has 0 aliphatic rings.